The molecule has 0 saturated carbocycles. The third-order valence-electron chi connectivity index (χ3n) is 27.9. The van der Waals surface area contributed by atoms with E-state index in [0.29, 0.717) is 17.5 Å². The molecule has 0 spiro atoms. The van der Waals surface area contributed by atoms with Crippen molar-refractivity contribution < 1.29 is 0 Å². The standard InChI is InChI=1S/C136H92N10/c137-136(130(146-136)116-75-105(89-31-9-1-10-32-89)71-106(76-116)90-33-11-2-12-34-90)120-67-70-129(140-88-120)102-63-57-99(58-64-102)123-49-27-30-52-126(123)115-84-113(124-50-28-25-47-121(124)97-53-59-100(60-54-97)127-68-65-103(86-138-127)131-141-133(142-131)117-77-107(91-35-13-3-14-36-91)72-108(78-117)92-37-15-4-16-38-92)83-114(85-115)125-51-29-26-48-122(125)98-55-61-101(62-56-98)128-69-66-104(87-139-128)132-143-134(118-79-109(93-39-17-5-18-40-93)73-110(80-118)94-41-19-6-20-42-94)145-135(144-132)119-81-111(95-43-21-7-22-44-95)74-112(82-119)96-45-23-8-24-46-96/h1-88,133H,137H2,(H,141,142). The molecule has 0 fully saturated rings. The van der Waals surface area contributed by atoms with E-state index >= 15 is 0 Å². The van der Waals surface area contributed by atoms with Gasteiger partial charge >= 0.3 is 0 Å². The first kappa shape index (κ1) is 88.2. The molecule has 25 rings (SSSR count). The van der Waals surface area contributed by atoms with Crippen molar-refractivity contribution in [3.63, 3.8) is 0 Å². The van der Waals surface area contributed by atoms with Crippen LogP contribution in [0, 0.1) is 0 Å². The molecule has 0 bridgehead atoms. The van der Waals surface area contributed by atoms with E-state index in [0.717, 1.165) is 240 Å². The Morgan fingerprint density at radius 1 is 0.185 bits per heavy atom. The van der Waals surface area contributed by atoms with Gasteiger partial charge in [-0.1, -0.05) is 394 Å². The van der Waals surface area contributed by atoms with Crippen LogP contribution in [0.25, 0.3) is 224 Å². The Bertz CT molecular complexity index is 8470. The summed E-state index contributed by atoms with van der Waals surface area (Å²) >= 11 is 0. The maximum atomic E-state index is 7.24. The largest absolute Gasteiger partial charge is 0.344 e. The van der Waals surface area contributed by atoms with E-state index in [1.165, 1.54) is 0 Å². The molecule has 2 unspecified atom stereocenters. The van der Waals surface area contributed by atoms with E-state index in [-0.39, 0.29) is 6.17 Å². The number of aliphatic imine (C=N–C) groups is 2. The van der Waals surface area contributed by atoms with Crippen LogP contribution in [0.4, 0.5) is 0 Å². The van der Waals surface area contributed by atoms with Gasteiger partial charge in [0.15, 0.2) is 23.1 Å². The molecule has 2 aliphatic rings. The first-order valence-electron chi connectivity index (χ1n) is 49.3. The summed E-state index contributed by atoms with van der Waals surface area (Å²) in [7, 11) is 0. The fourth-order valence-electron chi connectivity index (χ4n) is 20.1. The quantitative estimate of drug-likeness (QED) is 0.0610. The number of hydrogen-bond acceptors (Lipinski definition) is 10. The van der Waals surface area contributed by atoms with E-state index in [4.69, 9.17) is 45.6 Å². The van der Waals surface area contributed by atoms with Crippen LogP contribution < -0.4 is 11.1 Å². The molecule has 0 amide bonds. The van der Waals surface area contributed by atoms with Crippen molar-refractivity contribution in [2.75, 3.05) is 0 Å². The van der Waals surface area contributed by atoms with E-state index in [9.17, 15) is 0 Å². The zero-order valence-electron chi connectivity index (χ0n) is 79.5. The second kappa shape index (κ2) is 38.7. The van der Waals surface area contributed by atoms with Crippen molar-refractivity contribution in [1.29, 1.82) is 0 Å². The second-order valence-electron chi connectivity index (χ2n) is 37.2. The highest BCUT2D eigenvalue weighted by Gasteiger charge is 2.46. The van der Waals surface area contributed by atoms with Crippen LogP contribution in [0.15, 0.2) is 544 Å². The Morgan fingerprint density at radius 3 is 0.692 bits per heavy atom. The van der Waals surface area contributed by atoms with Crippen molar-refractivity contribution in [1.82, 2.24) is 35.2 Å². The van der Waals surface area contributed by atoms with Crippen LogP contribution >= 0.6 is 0 Å². The summed E-state index contributed by atoms with van der Waals surface area (Å²) in [6.45, 7) is 0. The normalized spacial score (nSPS) is 13.5. The smallest absolute Gasteiger partial charge is 0.179 e. The van der Waals surface area contributed by atoms with Crippen LogP contribution in [-0.2, 0) is 5.66 Å². The summed E-state index contributed by atoms with van der Waals surface area (Å²) in [6, 6.07) is 183. The lowest BCUT2D eigenvalue weighted by Gasteiger charge is -2.28. The highest BCUT2D eigenvalue weighted by Crippen LogP contribution is 2.47. The van der Waals surface area contributed by atoms with Crippen LogP contribution in [0.3, 0.4) is 0 Å². The van der Waals surface area contributed by atoms with Crippen molar-refractivity contribution in [2.24, 2.45) is 15.7 Å². The molecule has 2 atom stereocenters. The number of amidine groups is 1. The van der Waals surface area contributed by atoms with Crippen molar-refractivity contribution in [3.8, 4) is 224 Å². The topological polar surface area (TPSA) is 140 Å². The molecule has 3 N–H and O–H groups in total. The predicted octanol–water partition coefficient (Wildman–Crippen LogP) is 33.1. The van der Waals surface area contributed by atoms with Crippen LogP contribution in [0.2, 0.25) is 0 Å². The average molecular weight is 1870 g/mol. The number of nitrogens with one attached hydrogen (secondary N) is 1. The van der Waals surface area contributed by atoms with Gasteiger partial charge in [0.1, 0.15) is 12.0 Å². The minimum absolute atomic E-state index is 0.193. The molecule has 0 saturated heterocycles. The molecule has 4 aromatic heterocycles. The molecule has 10 nitrogen and oxygen atoms in total. The fourth-order valence-corrected chi connectivity index (χ4v) is 20.1. The van der Waals surface area contributed by atoms with Gasteiger partial charge in [-0.25, -0.2) is 19.9 Å². The minimum atomic E-state index is -1.01. The Morgan fingerprint density at radius 2 is 0.411 bits per heavy atom. The minimum Gasteiger partial charge on any atom is -0.344 e. The van der Waals surface area contributed by atoms with Crippen molar-refractivity contribution in [3.05, 3.63) is 556 Å². The first-order valence-corrected chi connectivity index (χ1v) is 49.3. The summed E-state index contributed by atoms with van der Waals surface area (Å²) in [4.78, 5) is 41.8. The molecule has 6 heterocycles. The molecule has 10 heteroatoms. The summed E-state index contributed by atoms with van der Waals surface area (Å²) < 4.78 is 0. The number of rotatable bonds is 24. The van der Waals surface area contributed by atoms with Gasteiger partial charge < -0.3 is 5.32 Å². The average Bonchev–Trinajstić information content (AvgIpc) is 1.56. The lowest BCUT2D eigenvalue weighted by Crippen LogP contribution is -2.38. The van der Waals surface area contributed by atoms with E-state index < -0.39 is 5.66 Å². The maximum absolute atomic E-state index is 7.24. The SMILES string of the molecule is NC1(c2ccc(-c3ccc(-c4ccccc4-c4cc(-c5ccccc5-c5ccc(-c6ccc(C7=NC(c8cc(-c9ccccc9)cc(-c9ccccc9)c8)N7)cn6)cc5)cc(-c5ccccc5-c5ccc(-c6ccc(-c7nc(-c8cc(-c9ccccc9)cc(-c9ccccc9)c8)nc(-c8cc(-c9ccccc9)cc(-c9ccccc9)c8)n7)cn6)cc5)c4)cc3)nc2)N=C1c1cc(-c2ccccc2)cc(-c2ccccc2)c1. The highest BCUT2D eigenvalue weighted by atomic mass is 15.2. The van der Waals surface area contributed by atoms with Crippen molar-refractivity contribution >= 4 is 11.5 Å². The summed E-state index contributed by atoms with van der Waals surface area (Å²) in [5, 5.41) is 3.67. The van der Waals surface area contributed by atoms with Gasteiger partial charge in [0.2, 0.25) is 0 Å². The molecule has 19 aromatic carbocycles. The third-order valence-corrected chi connectivity index (χ3v) is 27.9. The summed E-state index contributed by atoms with van der Waals surface area (Å²) in [5.41, 5.74) is 49.4. The molecule has 23 aromatic rings. The van der Waals surface area contributed by atoms with E-state index in [2.05, 4.69) is 509 Å². The number of benzene rings is 19. The Hall–Kier alpha value is -19.3. The van der Waals surface area contributed by atoms with Crippen LogP contribution in [0.1, 0.15) is 28.4 Å². The molecule has 146 heavy (non-hydrogen) atoms. The van der Waals surface area contributed by atoms with E-state index in [1.807, 2.05) is 30.7 Å². The summed E-state index contributed by atoms with van der Waals surface area (Å²) in [5.74, 6) is 2.40. The fraction of sp³-hybridized carbons (Fsp3) is 0.0147. The number of nitrogens with zero attached hydrogens (tertiary/aromatic N) is 8. The number of aromatic nitrogens is 6. The maximum Gasteiger partial charge on any atom is 0.179 e. The first-order chi connectivity index (χ1) is 72.1. The van der Waals surface area contributed by atoms with Gasteiger partial charge in [0.05, 0.1) is 22.8 Å². The number of hydrogen-bond donors (Lipinski definition) is 2. The number of nitrogens with two attached hydrogens (primary N) is 1. The zero-order valence-corrected chi connectivity index (χ0v) is 79.5. The highest BCUT2D eigenvalue weighted by molar-refractivity contribution is 6.18. The summed E-state index contributed by atoms with van der Waals surface area (Å²) in [6.07, 6.45) is 5.51. The number of pyridine rings is 3. The third kappa shape index (κ3) is 18.1. The van der Waals surface area contributed by atoms with Crippen molar-refractivity contribution in [2.45, 2.75) is 11.8 Å². The molecule has 0 radical (unpaired) electrons. The van der Waals surface area contributed by atoms with Gasteiger partial charge in [-0.05, 0) is 283 Å². The molecule has 2 aliphatic heterocycles. The van der Waals surface area contributed by atoms with Gasteiger partial charge in [-0.3, -0.25) is 25.7 Å². The molecule has 686 valence electrons. The Kier molecular flexibility index (Phi) is 23.4. The lowest BCUT2D eigenvalue weighted by molar-refractivity contribution is 0.616. The predicted molar refractivity (Wildman–Crippen MR) is 600 cm³/mol. The van der Waals surface area contributed by atoms with E-state index in [1.54, 1.807) is 0 Å². The Balaban J connectivity index is 0.537. The van der Waals surface area contributed by atoms with Gasteiger partial charge in [-0.2, -0.15) is 0 Å². The van der Waals surface area contributed by atoms with Gasteiger partial charge in [0, 0.05) is 68.7 Å². The molecule has 0 aliphatic carbocycles. The lowest BCUT2D eigenvalue weighted by atomic mass is 9.86. The second-order valence-corrected chi connectivity index (χ2v) is 37.2. The monoisotopic (exact) mass is 1860 g/mol. The van der Waals surface area contributed by atoms with Gasteiger partial charge in [-0.15, -0.1) is 0 Å². The zero-order chi connectivity index (χ0) is 97.2. The van der Waals surface area contributed by atoms with Crippen LogP contribution in [-0.4, -0.2) is 41.5 Å². The molecular weight excluding hydrogens is 1770 g/mol. The van der Waals surface area contributed by atoms with Crippen LogP contribution in [0.5, 0.6) is 0 Å². The Labute approximate surface area is 848 Å². The molecular formula is C136H92N10. The van der Waals surface area contributed by atoms with Gasteiger partial charge in [0.25, 0.3) is 0 Å².